The lowest BCUT2D eigenvalue weighted by molar-refractivity contribution is -0.137. The first-order chi connectivity index (χ1) is 13.4. The van der Waals surface area contributed by atoms with Crippen molar-refractivity contribution >= 4 is 11.0 Å². The number of rotatable bonds is 4. The summed E-state index contributed by atoms with van der Waals surface area (Å²) >= 11 is 0. The zero-order chi connectivity index (χ0) is 19.7. The Bertz CT molecular complexity index is 1100. The Hall–Kier alpha value is -3.19. The summed E-state index contributed by atoms with van der Waals surface area (Å²) in [5, 5.41) is 9.99. The van der Waals surface area contributed by atoms with E-state index in [1.165, 1.54) is 18.5 Å². The molecule has 0 saturated carbocycles. The van der Waals surface area contributed by atoms with Gasteiger partial charge in [-0.05, 0) is 34.9 Å². The largest absolute Gasteiger partial charge is 0.416 e. The van der Waals surface area contributed by atoms with Gasteiger partial charge in [0.15, 0.2) is 0 Å². The minimum Gasteiger partial charge on any atom is -0.392 e. The molecule has 0 bridgehead atoms. The van der Waals surface area contributed by atoms with E-state index in [-0.39, 0.29) is 6.61 Å². The van der Waals surface area contributed by atoms with Crippen molar-refractivity contribution < 1.29 is 18.3 Å². The van der Waals surface area contributed by atoms with Crippen molar-refractivity contribution in [1.82, 2.24) is 15.0 Å². The molecule has 0 radical (unpaired) electrons. The van der Waals surface area contributed by atoms with Crippen LogP contribution in [-0.2, 0) is 19.2 Å². The Morgan fingerprint density at radius 2 is 1.57 bits per heavy atom. The van der Waals surface area contributed by atoms with E-state index in [4.69, 9.17) is 5.11 Å². The number of halogens is 3. The molecule has 0 aliphatic carbocycles. The molecule has 2 aromatic heterocycles. The van der Waals surface area contributed by atoms with Gasteiger partial charge in [0.25, 0.3) is 0 Å². The summed E-state index contributed by atoms with van der Waals surface area (Å²) in [4.78, 5) is 11.8. The van der Waals surface area contributed by atoms with Gasteiger partial charge in [-0.2, -0.15) is 13.2 Å². The number of benzene rings is 2. The van der Waals surface area contributed by atoms with Gasteiger partial charge in [-0.15, -0.1) is 0 Å². The lowest BCUT2D eigenvalue weighted by Crippen LogP contribution is -2.04. The highest BCUT2D eigenvalue weighted by atomic mass is 19.4. The van der Waals surface area contributed by atoms with E-state index < -0.39 is 11.7 Å². The molecule has 0 fully saturated rings. The first-order valence-electron chi connectivity index (χ1n) is 8.63. The van der Waals surface area contributed by atoms with Gasteiger partial charge in [-0.3, -0.25) is 0 Å². The van der Waals surface area contributed by atoms with Crippen molar-refractivity contribution in [3.63, 3.8) is 0 Å². The van der Waals surface area contributed by atoms with E-state index in [1.54, 1.807) is 0 Å². The lowest BCUT2D eigenvalue weighted by atomic mass is 10.0. The maximum absolute atomic E-state index is 12.7. The van der Waals surface area contributed by atoms with E-state index in [9.17, 15) is 13.2 Å². The predicted octanol–water partition coefficient (Wildman–Crippen LogP) is 4.73. The van der Waals surface area contributed by atoms with Gasteiger partial charge in [0, 0.05) is 17.5 Å². The number of H-pyrrole nitrogens is 1. The molecule has 0 unspecified atom stereocenters. The molecule has 4 nitrogen and oxygen atoms in total. The molecule has 0 atom stereocenters. The molecule has 0 amide bonds. The fraction of sp³-hybridized carbons (Fsp3) is 0.143. The molecule has 142 valence electrons. The molecule has 2 aromatic carbocycles. The molecule has 4 aromatic rings. The second-order valence-corrected chi connectivity index (χ2v) is 6.49. The van der Waals surface area contributed by atoms with Crippen molar-refractivity contribution in [3.05, 3.63) is 83.3 Å². The van der Waals surface area contributed by atoms with Crippen molar-refractivity contribution in [3.8, 4) is 11.3 Å². The Balaban J connectivity index is 1.65. The molecule has 2 heterocycles. The molecule has 28 heavy (non-hydrogen) atoms. The topological polar surface area (TPSA) is 61.8 Å². The highest BCUT2D eigenvalue weighted by Crippen LogP contribution is 2.30. The second kappa shape index (κ2) is 7.09. The van der Waals surface area contributed by atoms with Crippen LogP contribution in [0, 0.1) is 0 Å². The molecule has 4 rings (SSSR count). The van der Waals surface area contributed by atoms with Gasteiger partial charge in [0.2, 0.25) is 0 Å². The van der Waals surface area contributed by atoms with E-state index in [1.807, 2.05) is 30.3 Å². The van der Waals surface area contributed by atoms with E-state index in [0.717, 1.165) is 45.6 Å². The van der Waals surface area contributed by atoms with Gasteiger partial charge in [0.1, 0.15) is 12.0 Å². The van der Waals surface area contributed by atoms with Crippen LogP contribution < -0.4 is 0 Å². The van der Waals surface area contributed by atoms with Gasteiger partial charge in [-0.25, -0.2) is 9.97 Å². The smallest absolute Gasteiger partial charge is 0.392 e. The summed E-state index contributed by atoms with van der Waals surface area (Å²) in [6, 6.07) is 14.5. The van der Waals surface area contributed by atoms with Crippen molar-refractivity contribution in [2.75, 3.05) is 0 Å². The van der Waals surface area contributed by atoms with E-state index >= 15 is 0 Å². The molecule has 0 aliphatic heterocycles. The maximum Gasteiger partial charge on any atom is 0.416 e. The van der Waals surface area contributed by atoms with Crippen LogP contribution in [0.4, 0.5) is 13.2 Å². The zero-order valence-electron chi connectivity index (χ0n) is 14.7. The standard InChI is InChI=1S/C21H16F3N3O/c22-21(23,24)16-7-3-13(4-8-16)9-19-17-10-18(27-20(17)26-12-25-19)15-5-1-14(11-28)2-6-15/h1-8,10,12,28H,9,11H2,(H,25,26,27). The Kier molecular flexibility index (Phi) is 4.60. The fourth-order valence-corrected chi connectivity index (χ4v) is 3.08. The van der Waals surface area contributed by atoms with Crippen LogP contribution in [0.3, 0.4) is 0 Å². The third kappa shape index (κ3) is 3.61. The van der Waals surface area contributed by atoms with Crippen LogP contribution in [0.25, 0.3) is 22.3 Å². The van der Waals surface area contributed by atoms with Gasteiger partial charge < -0.3 is 10.1 Å². The molecule has 2 N–H and O–H groups in total. The second-order valence-electron chi connectivity index (χ2n) is 6.49. The summed E-state index contributed by atoms with van der Waals surface area (Å²) in [6.07, 6.45) is -2.50. The third-order valence-electron chi connectivity index (χ3n) is 4.61. The normalized spacial score (nSPS) is 11.9. The van der Waals surface area contributed by atoms with Crippen LogP contribution in [0.2, 0.25) is 0 Å². The molecular formula is C21H16F3N3O. The SMILES string of the molecule is OCc1ccc(-c2cc3c(Cc4ccc(C(F)(F)F)cc4)ncnc3[nH]2)cc1. The van der Waals surface area contributed by atoms with Crippen LogP contribution >= 0.6 is 0 Å². The van der Waals surface area contributed by atoms with Crippen molar-refractivity contribution in [2.45, 2.75) is 19.2 Å². The molecule has 7 heteroatoms. The quantitative estimate of drug-likeness (QED) is 0.536. The average Bonchev–Trinajstić information content (AvgIpc) is 3.13. The van der Waals surface area contributed by atoms with Crippen molar-refractivity contribution in [1.29, 1.82) is 0 Å². The van der Waals surface area contributed by atoms with Crippen LogP contribution in [0.1, 0.15) is 22.4 Å². The number of hydrogen-bond acceptors (Lipinski definition) is 3. The molecule has 0 aliphatic rings. The predicted molar refractivity (Wildman–Crippen MR) is 99.5 cm³/mol. The van der Waals surface area contributed by atoms with Gasteiger partial charge in [0.05, 0.1) is 17.9 Å². The minimum absolute atomic E-state index is 0.0181. The molecular weight excluding hydrogens is 367 g/mol. The Morgan fingerprint density at radius 3 is 2.21 bits per heavy atom. The number of nitrogens with one attached hydrogen (secondary N) is 1. The number of aliphatic hydroxyl groups excluding tert-OH is 1. The van der Waals surface area contributed by atoms with Crippen LogP contribution in [0.5, 0.6) is 0 Å². The first-order valence-corrected chi connectivity index (χ1v) is 8.63. The first kappa shape index (κ1) is 18.2. The summed E-state index contributed by atoms with van der Waals surface area (Å²) in [6.45, 7) is -0.0181. The number of alkyl halides is 3. The number of fused-ring (bicyclic) bond motifs is 1. The summed E-state index contributed by atoms with van der Waals surface area (Å²) in [7, 11) is 0. The third-order valence-corrected chi connectivity index (χ3v) is 4.61. The number of aromatic nitrogens is 3. The van der Waals surface area contributed by atoms with Crippen LogP contribution in [0.15, 0.2) is 60.9 Å². The van der Waals surface area contributed by atoms with Gasteiger partial charge in [-0.1, -0.05) is 36.4 Å². The highest BCUT2D eigenvalue weighted by Gasteiger charge is 2.29. The monoisotopic (exact) mass is 383 g/mol. The van der Waals surface area contributed by atoms with Gasteiger partial charge >= 0.3 is 6.18 Å². The summed E-state index contributed by atoms with van der Waals surface area (Å²) < 4.78 is 38.2. The summed E-state index contributed by atoms with van der Waals surface area (Å²) in [5.74, 6) is 0. The zero-order valence-corrected chi connectivity index (χ0v) is 14.7. The maximum atomic E-state index is 12.7. The summed E-state index contributed by atoms with van der Waals surface area (Å²) in [5.41, 5.74) is 4.09. The minimum atomic E-state index is -4.35. The number of aliphatic hydroxyl groups is 1. The Morgan fingerprint density at radius 1 is 0.893 bits per heavy atom. The molecule has 0 spiro atoms. The van der Waals surface area contributed by atoms with E-state index in [2.05, 4.69) is 15.0 Å². The average molecular weight is 383 g/mol. The van der Waals surface area contributed by atoms with E-state index in [0.29, 0.717) is 12.1 Å². The van der Waals surface area contributed by atoms with Crippen LogP contribution in [-0.4, -0.2) is 20.1 Å². The highest BCUT2D eigenvalue weighted by molar-refractivity contribution is 5.85. The Labute approximate surface area is 158 Å². The number of aromatic amines is 1. The fourth-order valence-electron chi connectivity index (χ4n) is 3.08. The van der Waals surface area contributed by atoms with Crippen molar-refractivity contribution in [2.24, 2.45) is 0 Å². The number of nitrogens with zero attached hydrogens (tertiary/aromatic N) is 2. The lowest BCUT2D eigenvalue weighted by Gasteiger charge is -2.07. The number of hydrogen-bond donors (Lipinski definition) is 2. The molecule has 0 saturated heterocycles.